The van der Waals surface area contributed by atoms with Gasteiger partial charge in [-0.2, -0.15) is 0 Å². The van der Waals surface area contributed by atoms with Crippen molar-refractivity contribution < 1.29 is 49.3 Å². The normalized spacial score (nSPS) is 19.5. The quantitative estimate of drug-likeness (QED) is 0.0149. The largest absolute Gasteiger partial charge is 0.454 e. The first-order valence-electron chi connectivity index (χ1n) is 31.7. The van der Waals surface area contributed by atoms with E-state index in [1.165, 1.54) is 135 Å². The lowest BCUT2D eigenvalue weighted by Gasteiger charge is -2.41. The molecule has 0 aromatic carbocycles. The SMILES string of the molecule is CC/C=C/C=C/C=C/CCCCCCCCC(O)C(=O)NC(COC1OC(CO)C(O)C(O)C1OC(=O)CCCCCCCCCCCCCCC/C=C\C/C=C\CCCCC)C(O)/C=C/CCCCCCCCCCC. The highest BCUT2D eigenvalue weighted by Gasteiger charge is 2.47. The first-order chi connectivity index (χ1) is 37.7. The second-order valence-corrected chi connectivity index (χ2v) is 21.8. The van der Waals surface area contributed by atoms with Gasteiger partial charge in [0.15, 0.2) is 12.4 Å². The molecule has 1 fully saturated rings. The van der Waals surface area contributed by atoms with E-state index in [1.807, 2.05) is 18.2 Å². The van der Waals surface area contributed by atoms with E-state index < -0.39 is 67.4 Å². The Kier molecular flexibility index (Phi) is 50.3. The van der Waals surface area contributed by atoms with Crippen LogP contribution in [0.2, 0.25) is 0 Å². The maximum Gasteiger partial charge on any atom is 0.306 e. The maximum absolute atomic E-state index is 13.4. The fourth-order valence-corrected chi connectivity index (χ4v) is 9.62. The number of carbonyl (C=O) groups excluding carboxylic acids is 2. The summed E-state index contributed by atoms with van der Waals surface area (Å²) < 4.78 is 17.6. The topological polar surface area (TPSA) is 175 Å². The molecule has 11 heteroatoms. The fraction of sp³-hybridized carbons (Fsp3) is 0.788. The van der Waals surface area contributed by atoms with Crippen LogP contribution in [0, 0.1) is 0 Å². The molecule has 1 heterocycles. The van der Waals surface area contributed by atoms with Crippen molar-refractivity contribution in [3.63, 3.8) is 0 Å². The Morgan fingerprint density at radius 2 is 0.987 bits per heavy atom. The van der Waals surface area contributed by atoms with Crippen LogP contribution in [-0.2, 0) is 23.8 Å². The third kappa shape index (κ3) is 41.7. The second kappa shape index (κ2) is 53.7. The minimum absolute atomic E-state index is 0.120. The van der Waals surface area contributed by atoms with Crippen LogP contribution in [0.3, 0.4) is 0 Å². The summed E-state index contributed by atoms with van der Waals surface area (Å²) >= 11 is 0. The molecular formula is C66H117NO10. The average Bonchev–Trinajstić information content (AvgIpc) is 3.43. The Labute approximate surface area is 471 Å². The molecule has 1 amide bonds. The number of hydrogen-bond donors (Lipinski definition) is 6. The summed E-state index contributed by atoms with van der Waals surface area (Å²) in [6.07, 6.45) is 58.0. The van der Waals surface area contributed by atoms with E-state index in [0.717, 1.165) is 89.9 Å². The lowest BCUT2D eigenvalue weighted by molar-refractivity contribution is -0.305. The number of ether oxygens (including phenoxy) is 3. The number of carbonyl (C=O) groups is 2. The van der Waals surface area contributed by atoms with Crippen LogP contribution in [0.25, 0.3) is 0 Å². The standard InChI is InChI=1S/C66H117NO10/c1-4-7-10-13-16-19-22-24-26-27-28-29-30-31-32-33-34-36-39-42-45-48-51-54-61(71)77-64-63(73)62(72)60(55-68)76-66(64)75-56-57(58(69)52-49-46-43-40-37-21-18-15-12-9-6-3)67-65(74)59(70)53-50-47-44-41-38-35-25-23-20-17-14-11-8-5-2/h8,11,14,16-17,19-20,23-24,26,49,52,57-60,62-64,66,68-70,72-73H,4-7,9-10,12-13,15,18,21-22,25,27-48,50-51,53-56H2,1-3H3,(H,67,74)/b11-8+,17-14+,19-16-,23-20+,26-24-,52-49+. The molecule has 0 spiro atoms. The highest BCUT2D eigenvalue weighted by Crippen LogP contribution is 2.26. The van der Waals surface area contributed by atoms with Gasteiger partial charge in [-0.05, 0) is 77.0 Å². The van der Waals surface area contributed by atoms with Crippen LogP contribution in [0.15, 0.2) is 72.9 Å². The van der Waals surface area contributed by atoms with Gasteiger partial charge in [-0.15, -0.1) is 0 Å². The van der Waals surface area contributed by atoms with Crippen molar-refractivity contribution in [2.45, 2.75) is 320 Å². The summed E-state index contributed by atoms with van der Waals surface area (Å²) in [5.41, 5.74) is 0. The Hall–Kier alpha value is -2.90. The molecule has 6 N–H and O–H groups in total. The minimum Gasteiger partial charge on any atom is -0.454 e. The van der Waals surface area contributed by atoms with Gasteiger partial charge in [0, 0.05) is 6.42 Å². The van der Waals surface area contributed by atoms with Crippen molar-refractivity contribution in [3.05, 3.63) is 72.9 Å². The minimum atomic E-state index is -1.62. The van der Waals surface area contributed by atoms with E-state index in [-0.39, 0.29) is 19.4 Å². The number of hydrogen-bond acceptors (Lipinski definition) is 10. The van der Waals surface area contributed by atoms with E-state index in [0.29, 0.717) is 12.8 Å². The molecule has 1 saturated heterocycles. The second-order valence-electron chi connectivity index (χ2n) is 21.8. The molecular weight excluding hydrogens is 967 g/mol. The zero-order valence-corrected chi connectivity index (χ0v) is 49.3. The maximum atomic E-state index is 13.4. The van der Waals surface area contributed by atoms with Crippen LogP contribution in [-0.4, -0.2) is 99.6 Å². The molecule has 1 aliphatic heterocycles. The molecule has 0 saturated carbocycles. The summed E-state index contributed by atoms with van der Waals surface area (Å²) in [6, 6.07) is -1.03. The summed E-state index contributed by atoms with van der Waals surface area (Å²) in [6.45, 7) is 5.62. The molecule has 8 unspecified atom stereocenters. The third-order valence-corrected chi connectivity index (χ3v) is 14.7. The van der Waals surface area contributed by atoms with Crippen molar-refractivity contribution >= 4 is 11.9 Å². The number of esters is 1. The highest BCUT2D eigenvalue weighted by molar-refractivity contribution is 5.80. The number of allylic oxidation sites excluding steroid dienone is 11. The summed E-state index contributed by atoms with van der Waals surface area (Å²) in [5.74, 6) is -1.21. The van der Waals surface area contributed by atoms with Gasteiger partial charge in [0.05, 0.1) is 25.4 Å². The van der Waals surface area contributed by atoms with Gasteiger partial charge < -0.3 is 45.1 Å². The average molecular weight is 1080 g/mol. The number of unbranched alkanes of at least 4 members (excludes halogenated alkanes) is 31. The van der Waals surface area contributed by atoms with Gasteiger partial charge in [0.1, 0.15) is 24.4 Å². The van der Waals surface area contributed by atoms with Crippen molar-refractivity contribution in [1.82, 2.24) is 5.32 Å². The lowest BCUT2D eigenvalue weighted by atomic mass is 9.99. The number of rotatable bonds is 53. The number of aliphatic hydroxyl groups is 5. The van der Waals surface area contributed by atoms with Crippen molar-refractivity contribution in [3.8, 4) is 0 Å². The van der Waals surface area contributed by atoms with Gasteiger partial charge in [-0.3, -0.25) is 9.59 Å². The van der Waals surface area contributed by atoms with Gasteiger partial charge in [0.2, 0.25) is 5.91 Å². The van der Waals surface area contributed by atoms with E-state index in [1.54, 1.807) is 6.08 Å². The summed E-state index contributed by atoms with van der Waals surface area (Å²) in [4.78, 5) is 26.5. The van der Waals surface area contributed by atoms with E-state index in [2.05, 4.69) is 74.7 Å². The smallest absolute Gasteiger partial charge is 0.306 e. The Balaban J connectivity index is 2.61. The molecule has 1 rings (SSSR count). The van der Waals surface area contributed by atoms with E-state index >= 15 is 0 Å². The Morgan fingerprint density at radius 3 is 1.52 bits per heavy atom. The van der Waals surface area contributed by atoms with Gasteiger partial charge >= 0.3 is 5.97 Å². The van der Waals surface area contributed by atoms with Crippen LogP contribution in [0.4, 0.5) is 0 Å². The molecule has 0 aromatic rings. The zero-order chi connectivity index (χ0) is 56.1. The predicted molar refractivity (Wildman–Crippen MR) is 319 cm³/mol. The molecule has 0 bridgehead atoms. The molecule has 446 valence electrons. The van der Waals surface area contributed by atoms with Crippen LogP contribution in [0.5, 0.6) is 0 Å². The molecule has 1 aliphatic rings. The number of aliphatic hydroxyl groups excluding tert-OH is 5. The molecule has 77 heavy (non-hydrogen) atoms. The fourth-order valence-electron chi connectivity index (χ4n) is 9.62. The molecule has 11 nitrogen and oxygen atoms in total. The Morgan fingerprint density at radius 1 is 0.532 bits per heavy atom. The molecule has 0 aromatic heterocycles. The monoisotopic (exact) mass is 1080 g/mol. The van der Waals surface area contributed by atoms with Crippen molar-refractivity contribution in [2.24, 2.45) is 0 Å². The zero-order valence-electron chi connectivity index (χ0n) is 49.3. The van der Waals surface area contributed by atoms with Crippen LogP contribution < -0.4 is 5.32 Å². The van der Waals surface area contributed by atoms with Crippen LogP contribution in [0.1, 0.15) is 271 Å². The predicted octanol–water partition coefficient (Wildman–Crippen LogP) is 15.2. The molecule has 0 aliphatic carbocycles. The Bertz CT molecular complexity index is 1530. The van der Waals surface area contributed by atoms with Gasteiger partial charge in [-0.1, -0.05) is 261 Å². The first kappa shape index (κ1) is 72.1. The summed E-state index contributed by atoms with van der Waals surface area (Å²) in [7, 11) is 0. The van der Waals surface area contributed by atoms with E-state index in [9.17, 15) is 35.1 Å². The van der Waals surface area contributed by atoms with Gasteiger partial charge in [0.25, 0.3) is 0 Å². The third-order valence-electron chi connectivity index (χ3n) is 14.7. The molecule has 0 radical (unpaired) electrons. The van der Waals surface area contributed by atoms with Crippen molar-refractivity contribution in [2.75, 3.05) is 13.2 Å². The number of nitrogens with one attached hydrogen (secondary N) is 1. The van der Waals surface area contributed by atoms with Gasteiger partial charge in [-0.25, -0.2) is 0 Å². The lowest BCUT2D eigenvalue weighted by Crippen LogP contribution is -2.61. The highest BCUT2D eigenvalue weighted by atomic mass is 16.7. The van der Waals surface area contributed by atoms with Crippen molar-refractivity contribution in [1.29, 1.82) is 0 Å². The van der Waals surface area contributed by atoms with E-state index in [4.69, 9.17) is 14.2 Å². The molecule has 8 atom stereocenters. The number of amides is 1. The van der Waals surface area contributed by atoms with Crippen LogP contribution >= 0.6 is 0 Å². The summed E-state index contributed by atoms with van der Waals surface area (Å²) in [5, 5.41) is 56.9. The first-order valence-corrected chi connectivity index (χ1v) is 31.7.